The molecule has 8 nitrogen and oxygen atoms in total. The first kappa shape index (κ1) is 25.9. The van der Waals surface area contributed by atoms with Crippen molar-refractivity contribution in [3.05, 3.63) is 42.3 Å². The second-order valence-electron chi connectivity index (χ2n) is 8.98. The largest absolute Gasteiger partial charge is 0.488 e. The number of nitrogens with zero attached hydrogens (tertiary/aromatic N) is 1. The van der Waals surface area contributed by atoms with Crippen molar-refractivity contribution in [2.45, 2.75) is 52.7 Å². The van der Waals surface area contributed by atoms with Gasteiger partial charge in [-0.1, -0.05) is 19.9 Å². The van der Waals surface area contributed by atoms with Gasteiger partial charge in [-0.25, -0.2) is 19.0 Å². The number of alkyl carbamates (subject to hydrolysis) is 1. The zero-order valence-electron chi connectivity index (χ0n) is 19.9. The molecule has 180 valence electrons. The number of anilines is 1. The normalized spacial score (nSPS) is 12.1. The quantitative estimate of drug-likeness (QED) is 0.547. The Morgan fingerprint density at radius 2 is 1.79 bits per heavy atom. The average Bonchev–Trinajstić information content (AvgIpc) is 2.71. The van der Waals surface area contributed by atoms with E-state index < -0.39 is 23.6 Å². The number of methoxy groups -OCH3 is 1. The number of halogens is 1. The van der Waals surface area contributed by atoms with Crippen LogP contribution in [-0.2, 0) is 9.47 Å². The number of amides is 2. The Bertz CT molecular complexity index is 959. The van der Waals surface area contributed by atoms with Crippen LogP contribution in [-0.4, -0.2) is 42.5 Å². The van der Waals surface area contributed by atoms with E-state index in [0.29, 0.717) is 23.5 Å². The molecule has 1 unspecified atom stereocenters. The van der Waals surface area contributed by atoms with Gasteiger partial charge in [0.15, 0.2) is 11.6 Å². The molecule has 0 spiro atoms. The third-order valence-corrected chi connectivity index (χ3v) is 4.36. The third kappa shape index (κ3) is 8.96. The second-order valence-corrected chi connectivity index (χ2v) is 8.98. The summed E-state index contributed by atoms with van der Waals surface area (Å²) in [5, 5.41) is 5.27. The highest BCUT2D eigenvalue weighted by Gasteiger charge is 2.21. The maximum Gasteiger partial charge on any atom is 0.412 e. The van der Waals surface area contributed by atoms with E-state index in [9.17, 15) is 14.0 Å². The monoisotopic (exact) mass is 461 g/mol. The SMILES string of the molecule is COC(=O)Nc1cc(-c2ccc(OCC(CC(C)C)NC(=O)OC(C)(C)C)c(F)c2)ccn1. The summed E-state index contributed by atoms with van der Waals surface area (Å²) in [5.74, 6) is 0.0953. The number of carbonyl (C=O) groups excluding carboxylic acids is 2. The minimum atomic E-state index is -0.648. The van der Waals surface area contributed by atoms with Gasteiger partial charge in [0.25, 0.3) is 0 Å². The Morgan fingerprint density at radius 1 is 1.09 bits per heavy atom. The molecule has 1 atom stereocenters. The fourth-order valence-electron chi connectivity index (χ4n) is 3.03. The van der Waals surface area contributed by atoms with Gasteiger partial charge < -0.3 is 19.5 Å². The van der Waals surface area contributed by atoms with Crippen LogP contribution in [0.2, 0.25) is 0 Å². The van der Waals surface area contributed by atoms with E-state index in [1.807, 2.05) is 13.8 Å². The van der Waals surface area contributed by atoms with Gasteiger partial charge in [0, 0.05) is 6.20 Å². The maximum atomic E-state index is 14.8. The van der Waals surface area contributed by atoms with Crippen LogP contribution < -0.4 is 15.4 Å². The number of ether oxygens (including phenoxy) is 3. The predicted octanol–water partition coefficient (Wildman–Crippen LogP) is 5.38. The number of pyridine rings is 1. The summed E-state index contributed by atoms with van der Waals surface area (Å²) in [6.07, 6.45) is 0.959. The van der Waals surface area contributed by atoms with Crippen LogP contribution in [0.25, 0.3) is 11.1 Å². The van der Waals surface area contributed by atoms with Crippen molar-refractivity contribution in [2.75, 3.05) is 19.0 Å². The molecule has 0 aliphatic carbocycles. The second kappa shape index (κ2) is 11.5. The lowest BCUT2D eigenvalue weighted by Crippen LogP contribution is -2.42. The number of aromatic nitrogens is 1. The smallest absolute Gasteiger partial charge is 0.412 e. The Balaban J connectivity index is 2.08. The van der Waals surface area contributed by atoms with Crippen molar-refractivity contribution in [3.8, 4) is 16.9 Å². The zero-order valence-corrected chi connectivity index (χ0v) is 19.9. The molecule has 0 fully saturated rings. The average molecular weight is 462 g/mol. The molecule has 2 rings (SSSR count). The van der Waals surface area contributed by atoms with Crippen LogP contribution in [0.4, 0.5) is 19.8 Å². The van der Waals surface area contributed by atoms with E-state index in [2.05, 4.69) is 20.4 Å². The summed E-state index contributed by atoms with van der Waals surface area (Å²) in [5.41, 5.74) is 0.626. The van der Waals surface area contributed by atoms with E-state index in [4.69, 9.17) is 9.47 Å². The molecule has 1 aromatic carbocycles. The van der Waals surface area contributed by atoms with Crippen LogP contribution in [0.1, 0.15) is 41.0 Å². The van der Waals surface area contributed by atoms with Crippen LogP contribution in [0.3, 0.4) is 0 Å². The Kier molecular flexibility index (Phi) is 9.02. The van der Waals surface area contributed by atoms with Gasteiger partial charge in [0.1, 0.15) is 18.0 Å². The van der Waals surface area contributed by atoms with Crippen LogP contribution >= 0.6 is 0 Å². The number of benzene rings is 1. The van der Waals surface area contributed by atoms with Gasteiger partial charge in [0.05, 0.1) is 13.2 Å². The van der Waals surface area contributed by atoms with E-state index in [1.165, 1.54) is 25.4 Å². The van der Waals surface area contributed by atoms with E-state index in [1.54, 1.807) is 39.0 Å². The molecule has 1 heterocycles. The fourth-order valence-corrected chi connectivity index (χ4v) is 3.03. The Labute approximate surface area is 193 Å². The number of hydrogen-bond donors (Lipinski definition) is 2. The van der Waals surface area contributed by atoms with Gasteiger partial charge in [-0.3, -0.25) is 5.32 Å². The molecule has 0 bridgehead atoms. The van der Waals surface area contributed by atoms with Crippen molar-refractivity contribution < 1.29 is 28.2 Å². The molecule has 2 N–H and O–H groups in total. The lowest BCUT2D eigenvalue weighted by molar-refractivity contribution is 0.0479. The van der Waals surface area contributed by atoms with Gasteiger partial charge in [0.2, 0.25) is 0 Å². The Hall–Kier alpha value is -3.36. The summed E-state index contributed by atoms with van der Waals surface area (Å²) >= 11 is 0. The first-order chi connectivity index (χ1) is 15.5. The van der Waals surface area contributed by atoms with Crippen LogP contribution in [0.15, 0.2) is 36.5 Å². The Morgan fingerprint density at radius 3 is 2.39 bits per heavy atom. The number of rotatable bonds is 8. The number of carbonyl (C=O) groups is 2. The van der Waals surface area contributed by atoms with Crippen molar-refractivity contribution >= 4 is 18.0 Å². The first-order valence-corrected chi connectivity index (χ1v) is 10.7. The zero-order chi connectivity index (χ0) is 24.6. The fraction of sp³-hybridized carbons (Fsp3) is 0.458. The topological polar surface area (TPSA) is 98.8 Å². The first-order valence-electron chi connectivity index (χ1n) is 10.7. The standard InChI is InChI=1S/C24H32FN3O5/c1-15(2)11-18(27-23(30)33-24(3,4)5)14-32-20-8-7-16(12-19(20)25)17-9-10-26-21(13-17)28-22(29)31-6/h7-10,12-13,15,18H,11,14H2,1-6H3,(H,27,30)(H,26,28,29). The summed E-state index contributed by atoms with van der Waals surface area (Å²) in [6, 6.07) is 7.53. The van der Waals surface area contributed by atoms with Gasteiger partial charge in [-0.2, -0.15) is 0 Å². The molecule has 1 aromatic heterocycles. The highest BCUT2D eigenvalue weighted by atomic mass is 19.1. The van der Waals surface area contributed by atoms with Gasteiger partial charge >= 0.3 is 12.2 Å². The lowest BCUT2D eigenvalue weighted by Gasteiger charge is -2.24. The summed E-state index contributed by atoms with van der Waals surface area (Å²) in [6.45, 7) is 9.50. The van der Waals surface area contributed by atoms with E-state index in [0.717, 1.165) is 0 Å². The molecular formula is C24H32FN3O5. The minimum absolute atomic E-state index is 0.0699. The molecule has 9 heteroatoms. The van der Waals surface area contributed by atoms with E-state index >= 15 is 0 Å². The molecule has 2 aromatic rings. The summed E-state index contributed by atoms with van der Waals surface area (Å²) in [7, 11) is 1.25. The van der Waals surface area contributed by atoms with E-state index in [-0.39, 0.29) is 24.2 Å². The van der Waals surface area contributed by atoms with Crippen LogP contribution in [0.5, 0.6) is 5.75 Å². The van der Waals surface area contributed by atoms with Crippen LogP contribution in [0, 0.1) is 11.7 Å². The minimum Gasteiger partial charge on any atom is -0.488 e. The third-order valence-electron chi connectivity index (χ3n) is 4.36. The summed E-state index contributed by atoms with van der Waals surface area (Å²) in [4.78, 5) is 27.6. The lowest BCUT2D eigenvalue weighted by atomic mass is 10.0. The van der Waals surface area contributed by atoms with Crippen molar-refractivity contribution in [1.29, 1.82) is 0 Å². The van der Waals surface area contributed by atoms with Crippen molar-refractivity contribution in [2.24, 2.45) is 5.92 Å². The van der Waals surface area contributed by atoms with Gasteiger partial charge in [-0.15, -0.1) is 0 Å². The summed E-state index contributed by atoms with van der Waals surface area (Å²) < 4.78 is 30.3. The molecule has 0 saturated heterocycles. The molecule has 0 radical (unpaired) electrons. The van der Waals surface area contributed by atoms with Crippen molar-refractivity contribution in [3.63, 3.8) is 0 Å². The highest BCUT2D eigenvalue weighted by Crippen LogP contribution is 2.27. The highest BCUT2D eigenvalue weighted by molar-refractivity contribution is 5.84. The molecule has 0 saturated carbocycles. The molecule has 33 heavy (non-hydrogen) atoms. The predicted molar refractivity (Wildman–Crippen MR) is 124 cm³/mol. The van der Waals surface area contributed by atoms with Crippen molar-refractivity contribution in [1.82, 2.24) is 10.3 Å². The number of nitrogens with one attached hydrogen (secondary N) is 2. The molecule has 2 amide bonds. The van der Waals surface area contributed by atoms with Gasteiger partial charge in [-0.05, 0) is 68.5 Å². The maximum absolute atomic E-state index is 14.8. The number of hydrogen-bond acceptors (Lipinski definition) is 6. The molecule has 0 aliphatic heterocycles. The molecule has 0 aliphatic rings. The molecular weight excluding hydrogens is 429 g/mol.